The maximum absolute atomic E-state index is 12.7. The van der Waals surface area contributed by atoms with Gasteiger partial charge in [0.05, 0.1) is 4.90 Å². The van der Waals surface area contributed by atoms with E-state index in [1.807, 2.05) is 0 Å². The molecule has 1 saturated heterocycles. The Morgan fingerprint density at radius 1 is 1.15 bits per heavy atom. The van der Waals surface area contributed by atoms with Gasteiger partial charge in [0.25, 0.3) is 0 Å². The van der Waals surface area contributed by atoms with E-state index in [2.05, 4.69) is 24.3 Å². The largest absolute Gasteiger partial charge is 0.354 e. The molecular formula is C20H31N3O3S. The van der Waals surface area contributed by atoms with Gasteiger partial charge < -0.3 is 10.2 Å². The highest BCUT2D eigenvalue weighted by atomic mass is 32.2. The Kier molecular flexibility index (Phi) is 6.23. The number of nitrogens with zero attached hydrogens (tertiary/aromatic N) is 2. The number of hydrogen-bond acceptors (Lipinski definition) is 4. The highest BCUT2D eigenvalue weighted by molar-refractivity contribution is 7.89. The quantitative estimate of drug-likeness (QED) is 0.803. The summed E-state index contributed by atoms with van der Waals surface area (Å²) in [5, 5.41) is 3.15. The molecule has 1 amide bonds. The van der Waals surface area contributed by atoms with Crippen LogP contribution >= 0.6 is 0 Å². The molecule has 2 aliphatic rings. The summed E-state index contributed by atoms with van der Waals surface area (Å²) in [6.45, 7) is 1.48. The summed E-state index contributed by atoms with van der Waals surface area (Å²) >= 11 is 0. The summed E-state index contributed by atoms with van der Waals surface area (Å²) in [7, 11) is 0.713. The van der Waals surface area contributed by atoms with Gasteiger partial charge in [0.2, 0.25) is 15.9 Å². The first-order valence-electron chi connectivity index (χ1n) is 9.85. The molecule has 1 heterocycles. The van der Waals surface area contributed by atoms with E-state index in [9.17, 15) is 13.2 Å². The molecule has 1 aromatic carbocycles. The summed E-state index contributed by atoms with van der Waals surface area (Å²) in [6.07, 6.45) is 5.81. The number of hydrogen-bond donors (Lipinski definition) is 1. The maximum Gasteiger partial charge on any atom is 0.243 e. The van der Waals surface area contributed by atoms with Crippen molar-refractivity contribution in [1.29, 1.82) is 0 Å². The van der Waals surface area contributed by atoms with Crippen molar-refractivity contribution in [3.63, 3.8) is 0 Å². The molecule has 0 spiro atoms. The van der Waals surface area contributed by atoms with Crippen LogP contribution < -0.4 is 5.32 Å². The molecule has 1 N–H and O–H groups in total. The first-order chi connectivity index (χ1) is 12.8. The lowest BCUT2D eigenvalue weighted by Gasteiger charge is -2.37. The van der Waals surface area contributed by atoms with Crippen LogP contribution in [0.5, 0.6) is 0 Å². The third kappa shape index (κ3) is 4.36. The van der Waals surface area contributed by atoms with Gasteiger partial charge in [-0.3, -0.25) is 4.79 Å². The van der Waals surface area contributed by atoms with E-state index in [-0.39, 0.29) is 17.4 Å². The smallest absolute Gasteiger partial charge is 0.243 e. The standard InChI is InChI=1S/C20H31N3O3S/c1-22(2)20(12-6-7-13-20)16-21-19(24)17-10-14-23(15-11-17)27(25,26)18-8-4-3-5-9-18/h3-5,8-9,17H,6-7,10-16H2,1-2H3,(H,21,24). The molecule has 0 unspecified atom stereocenters. The van der Waals surface area contributed by atoms with Crippen molar-refractivity contribution in [2.45, 2.75) is 49.0 Å². The SMILES string of the molecule is CN(C)C1(CNC(=O)C2CCN(S(=O)(=O)c3ccccc3)CC2)CCCC1. The van der Waals surface area contributed by atoms with Crippen molar-refractivity contribution in [3.05, 3.63) is 30.3 Å². The number of rotatable bonds is 6. The van der Waals surface area contributed by atoms with E-state index < -0.39 is 10.0 Å². The predicted octanol–water partition coefficient (Wildman–Crippen LogP) is 2.08. The van der Waals surface area contributed by atoms with Crippen LogP contribution in [0.1, 0.15) is 38.5 Å². The van der Waals surface area contributed by atoms with Crippen LogP contribution in [0.15, 0.2) is 35.2 Å². The fourth-order valence-corrected chi connectivity index (χ4v) is 5.80. The average Bonchev–Trinajstić information content (AvgIpc) is 3.17. The van der Waals surface area contributed by atoms with Crippen LogP contribution in [0.25, 0.3) is 0 Å². The number of likely N-dealkylation sites (N-methyl/N-ethyl adjacent to an activating group) is 1. The normalized spacial score (nSPS) is 21.4. The van der Waals surface area contributed by atoms with Crippen LogP contribution in [0.2, 0.25) is 0 Å². The number of piperidine rings is 1. The van der Waals surface area contributed by atoms with Crippen molar-refractivity contribution in [1.82, 2.24) is 14.5 Å². The van der Waals surface area contributed by atoms with Gasteiger partial charge in [0, 0.05) is 31.1 Å². The summed E-state index contributed by atoms with van der Waals surface area (Å²) in [4.78, 5) is 15.2. The van der Waals surface area contributed by atoms with Crippen LogP contribution in [-0.2, 0) is 14.8 Å². The molecule has 1 saturated carbocycles. The Bertz CT molecular complexity index is 735. The van der Waals surface area contributed by atoms with Crippen LogP contribution in [0.4, 0.5) is 0 Å². The van der Waals surface area contributed by atoms with Crippen molar-refractivity contribution in [2.75, 3.05) is 33.7 Å². The van der Waals surface area contributed by atoms with Crippen molar-refractivity contribution >= 4 is 15.9 Å². The number of carbonyl (C=O) groups excluding carboxylic acids is 1. The summed E-state index contributed by atoms with van der Waals surface area (Å²) in [5.74, 6) is -0.0345. The van der Waals surface area contributed by atoms with E-state index in [4.69, 9.17) is 0 Å². The lowest BCUT2D eigenvalue weighted by Crippen LogP contribution is -2.52. The molecule has 1 aliphatic carbocycles. The topological polar surface area (TPSA) is 69.7 Å². The van der Waals surface area contributed by atoms with Crippen LogP contribution in [0.3, 0.4) is 0 Å². The van der Waals surface area contributed by atoms with E-state index in [0.29, 0.717) is 37.4 Å². The molecule has 2 fully saturated rings. The van der Waals surface area contributed by atoms with Gasteiger partial charge in [-0.05, 0) is 51.9 Å². The van der Waals surface area contributed by atoms with E-state index in [1.165, 1.54) is 17.1 Å². The second-order valence-electron chi connectivity index (χ2n) is 8.04. The first-order valence-corrected chi connectivity index (χ1v) is 11.3. The predicted molar refractivity (Wildman–Crippen MR) is 106 cm³/mol. The molecule has 27 heavy (non-hydrogen) atoms. The minimum absolute atomic E-state index is 0.0693. The highest BCUT2D eigenvalue weighted by Crippen LogP contribution is 2.33. The Hall–Kier alpha value is -1.44. The van der Waals surface area contributed by atoms with Crippen molar-refractivity contribution in [3.8, 4) is 0 Å². The molecule has 7 heteroatoms. The molecule has 150 valence electrons. The number of sulfonamides is 1. The summed E-state index contributed by atoms with van der Waals surface area (Å²) < 4.78 is 26.9. The highest BCUT2D eigenvalue weighted by Gasteiger charge is 2.37. The zero-order valence-corrected chi connectivity index (χ0v) is 17.2. The fraction of sp³-hybridized carbons (Fsp3) is 0.650. The van der Waals surface area contributed by atoms with E-state index in [0.717, 1.165) is 12.8 Å². The Morgan fingerprint density at radius 3 is 2.30 bits per heavy atom. The monoisotopic (exact) mass is 393 g/mol. The Labute approximate surface area is 163 Å². The molecule has 0 aromatic heterocycles. The first kappa shape index (κ1) is 20.3. The lowest BCUT2D eigenvalue weighted by molar-refractivity contribution is -0.126. The van der Waals surface area contributed by atoms with E-state index in [1.54, 1.807) is 30.3 Å². The van der Waals surface area contributed by atoms with Gasteiger partial charge in [-0.1, -0.05) is 31.0 Å². The Balaban J connectivity index is 1.54. The lowest BCUT2D eigenvalue weighted by atomic mass is 9.94. The fourth-order valence-electron chi connectivity index (χ4n) is 4.31. The second kappa shape index (κ2) is 8.29. The van der Waals surface area contributed by atoms with E-state index >= 15 is 0 Å². The molecular weight excluding hydrogens is 362 g/mol. The molecule has 3 rings (SSSR count). The maximum atomic E-state index is 12.7. The summed E-state index contributed by atoms with van der Waals surface area (Å²) in [5.41, 5.74) is 0.0764. The third-order valence-corrected chi connectivity index (χ3v) is 8.19. The average molecular weight is 394 g/mol. The number of nitrogens with one attached hydrogen (secondary N) is 1. The van der Waals surface area contributed by atoms with Crippen molar-refractivity contribution < 1.29 is 13.2 Å². The van der Waals surface area contributed by atoms with Crippen LogP contribution in [-0.4, -0.2) is 62.8 Å². The molecule has 0 atom stereocenters. The number of amides is 1. The van der Waals surface area contributed by atoms with Gasteiger partial charge in [-0.25, -0.2) is 8.42 Å². The number of carbonyl (C=O) groups is 1. The molecule has 0 radical (unpaired) electrons. The zero-order chi connectivity index (χ0) is 19.5. The van der Waals surface area contributed by atoms with Crippen molar-refractivity contribution in [2.24, 2.45) is 5.92 Å². The van der Waals surface area contributed by atoms with Gasteiger partial charge in [-0.2, -0.15) is 4.31 Å². The molecule has 0 bridgehead atoms. The minimum Gasteiger partial charge on any atom is -0.354 e. The van der Waals surface area contributed by atoms with Gasteiger partial charge in [-0.15, -0.1) is 0 Å². The molecule has 1 aromatic rings. The van der Waals surface area contributed by atoms with Crippen LogP contribution in [0, 0.1) is 5.92 Å². The number of benzene rings is 1. The second-order valence-corrected chi connectivity index (χ2v) is 9.97. The zero-order valence-electron chi connectivity index (χ0n) is 16.4. The third-order valence-electron chi connectivity index (χ3n) is 6.28. The Morgan fingerprint density at radius 2 is 1.74 bits per heavy atom. The summed E-state index contributed by atoms with van der Waals surface area (Å²) in [6, 6.07) is 8.51. The van der Waals surface area contributed by atoms with Gasteiger partial charge in [0.15, 0.2) is 0 Å². The molecule has 6 nitrogen and oxygen atoms in total. The minimum atomic E-state index is -3.46. The molecule has 1 aliphatic heterocycles. The van der Waals surface area contributed by atoms with Gasteiger partial charge >= 0.3 is 0 Å². The van der Waals surface area contributed by atoms with Gasteiger partial charge in [0.1, 0.15) is 0 Å².